The molecule has 0 unspecified atom stereocenters. The second-order valence-electron chi connectivity index (χ2n) is 8.31. The van der Waals surface area contributed by atoms with Crippen molar-refractivity contribution in [1.29, 1.82) is 0 Å². The van der Waals surface area contributed by atoms with E-state index < -0.39 is 5.76 Å². The van der Waals surface area contributed by atoms with E-state index >= 15 is 0 Å². The third-order valence-corrected chi connectivity index (χ3v) is 5.77. The first kappa shape index (κ1) is 20.9. The summed E-state index contributed by atoms with van der Waals surface area (Å²) in [6.45, 7) is 6.37. The van der Waals surface area contributed by atoms with Crippen LogP contribution in [0.2, 0.25) is 0 Å². The van der Waals surface area contributed by atoms with Gasteiger partial charge in [-0.15, -0.1) is 0 Å². The zero-order valence-electron chi connectivity index (χ0n) is 18.5. The Morgan fingerprint density at radius 2 is 1.88 bits per heavy atom. The summed E-state index contributed by atoms with van der Waals surface area (Å²) in [6.07, 6.45) is 1.73. The summed E-state index contributed by atoms with van der Waals surface area (Å²) in [6, 6.07) is 11.0. The van der Waals surface area contributed by atoms with Gasteiger partial charge in [-0.1, -0.05) is 31.1 Å². The van der Waals surface area contributed by atoms with Crippen molar-refractivity contribution >= 4 is 22.8 Å². The Balaban J connectivity index is 1.21. The van der Waals surface area contributed by atoms with Crippen LogP contribution >= 0.6 is 0 Å². The Hall–Kier alpha value is -3.95. The number of rotatable bonds is 5. The predicted octanol–water partition coefficient (Wildman–Crippen LogP) is 2.51. The summed E-state index contributed by atoms with van der Waals surface area (Å²) in [4.78, 5) is 37.8. The monoisotopic (exact) mass is 448 g/mol. The zero-order chi connectivity index (χ0) is 22.9. The number of nitrogens with zero attached hydrogens (tertiary/aromatic N) is 6. The van der Waals surface area contributed by atoms with Crippen LogP contribution in [-0.2, 0) is 11.3 Å². The third kappa shape index (κ3) is 4.11. The van der Waals surface area contributed by atoms with E-state index in [-0.39, 0.29) is 18.4 Å². The van der Waals surface area contributed by atoms with E-state index in [9.17, 15) is 9.59 Å². The van der Waals surface area contributed by atoms with Gasteiger partial charge in [0.2, 0.25) is 17.6 Å². The van der Waals surface area contributed by atoms with Gasteiger partial charge in [0.05, 0.1) is 5.52 Å². The first-order chi connectivity index (χ1) is 16.0. The van der Waals surface area contributed by atoms with Crippen molar-refractivity contribution in [1.82, 2.24) is 24.6 Å². The van der Waals surface area contributed by atoms with E-state index in [1.54, 1.807) is 29.3 Å². The fourth-order valence-corrected chi connectivity index (χ4v) is 3.88. The molecule has 10 heteroatoms. The predicted molar refractivity (Wildman–Crippen MR) is 121 cm³/mol. The van der Waals surface area contributed by atoms with Gasteiger partial charge in [-0.3, -0.25) is 9.36 Å². The van der Waals surface area contributed by atoms with Gasteiger partial charge in [-0.05, 0) is 24.3 Å². The fraction of sp³-hybridized carbons (Fsp3) is 0.348. The first-order valence-electron chi connectivity index (χ1n) is 10.9. The molecule has 1 saturated heterocycles. The Morgan fingerprint density at radius 1 is 1.09 bits per heavy atom. The number of para-hydroxylation sites is 2. The summed E-state index contributed by atoms with van der Waals surface area (Å²) in [5, 5.41) is 4.02. The van der Waals surface area contributed by atoms with Crippen molar-refractivity contribution in [2.45, 2.75) is 26.3 Å². The average molecular weight is 448 g/mol. The molecule has 33 heavy (non-hydrogen) atoms. The molecule has 0 saturated carbocycles. The number of benzene rings is 1. The van der Waals surface area contributed by atoms with Crippen molar-refractivity contribution in [3.8, 4) is 11.4 Å². The molecule has 4 aromatic rings. The quantitative estimate of drug-likeness (QED) is 0.458. The molecule has 1 aromatic carbocycles. The van der Waals surface area contributed by atoms with Crippen molar-refractivity contribution in [2.24, 2.45) is 0 Å². The van der Waals surface area contributed by atoms with Crippen LogP contribution in [0.5, 0.6) is 0 Å². The molecule has 0 atom stereocenters. The molecule has 1 aliphatic rings. The molecular formula is C23H24N6O4. The molecule has 10 nitrogen and oxygen atoms in total. The Kier molecular flexibility index (Phi) is 5.41. The van der Waals surface area contributed by atoms with Crippen molar-refractivity contribution in [3.05, 3.63) is 59.0 Å². The summed E-state index contributed by atoms with van der Waals surface area (Å²) < 4.78 is 11.9. The molecule has 5 rings (SSSR count). The highest BCUT2D eigenvalue weighted by atomic mass is 16.5. The molecule has 0 N–H and O–H groups in total. The maximum absolute atomic E-state index is 12.8. The number of oxazole rings is 1. The number of carbonyl (C=O) groups is 1. The van der Waals surface area contributed by atoms with E-state index in [1.807, 2.05) is 32.0 Å². The SMILES string of the molecule is CC(C)c1nc(-c2ccc(N3CCN(C(=O)Cn4c(=O)oc5ccccc54)CC3)nc2)no1. The van der Waals surface area contributed by atoms with Crippen LogP contribution in [0.3, 0.4) is 0 Å². The van der Waals surface area contributed by atoms with Gasteiger partial charge in [0.15, 0.2) is 5.58 Å². The van der Waals surface area contributed by atoms with Crippen molar-refractivity contribution < 1.29 is 13.7 Å². The lowest BCUT2D eigenvalue weighted by Crippen LogP contribution is -2.50. The third-order valence-electron chi connectivity index (χ3n) is 5.77. The number of carbonyl (C=O) groups excluding carboxylic acids is 1. The molecule has 0 spiro atoms. The average Bonchev–Trinajstić information content (AvgIpc) is 3.45. The Labute approximate surface area is 189 Å². The van der Waals surface area contributed by atoms with Gasteiger partial charge in [0.25, 0.3) is 0 Å². The highest BCUT2D eigenvalue weighted by molar-refractivity contribution is 5.79. The summed E-state index contributed by atoms with van der Waals surface area (Å²) in [5.74, 6) is 1.49. The summed E-state index contributed by atoms with van der Waals surface area (Å²) >= 11 is 0. The number of hydrogen-bond donors (Lipinski definition) is 0. The number of amides is 1. The summed E-state index contributed by atoms with van der Waals surface area (Å²) in [5.41, 5.74) is 1.90. The highest BCUT2D eigenvalue weighted by Crippen LogP contribution is 2.22. The second kappa shape index (κ2) is 8.53. The van der Waals surface area contributed by atoms with Crippen LogP contribution < -0.4 is 10.7 Å². The normalized spacial score (nSPS) is 14.4. The van der Waals surface area contributed by atoms with E-state index in [4.69, 9.17) is 8.94 Å². The smallest absolute Gasteiger partial charge is 0.408 e. The molecule has 1 aliphatic heterocycles. The van der Waals surface area contributed by atoms with Crippen LogP contribution in [0.1, 0.15) is 25.7 Å². The van der Waals surface area contributed by atoms with Crippen LogP contribution in [-0.4, -0.2) is 56.7 Å². The molecule has 1 amide bonds. The topological polar surface area (TPSA) is 111 Å². The Bertz CT molecular complexity index is 1330. The molecule has 4 heterocycles. The van der Waals surface area contributed by atoms with Crippen molar-refractivity contribution in [2.75, 3.05) is 31.1 Å². The van der Waals surface area contributed by atoms with Crippen molar-refractivity contribution in [3.63, 3.8) is 0 Å². The number of aromatic nitrogens is 4. The number of anilines is 1. The lowest BCUT2D eigenvalue weighted by Gasteiger charge is -2.35. The Morgan fingerprint density at radius 3 is 2.58 bits per heavy atom. The van der Waals surface area contributed by atoms with Gasteiger partial charge in [-0.25, -0.2) is 9.78 Å². The number of piperazine rings is 1. The van der Waals surface area contributed by atoms with Crippen LogP contribution in [0.4, 0.5) is 5.82 Å². The zero-order valence-corrected chi connectivity index (χ0v) is 18.5. The first-order valence-corrected chi connectivity index (χ1v) is 10.9. The molecule has 0 aliphatic carbocycles. The molecule has 1 fully saturated rings. The number of hydrogen-bond acceptors (Lipinski definition) is 8. The van der Waals surface area contributed by atoms with Crippen LogP contribution in [0, 0.1) is 0 Å². The lowest BCUT2D eigenvalue weighted by molar-refractivity contribution is -0.132. The fourth-order valence-electron chi connectivity index (χ4n) is 3.88. The second-order valence-corrected chi connectivity index (χ2v) is 8.31. The standard InChI is InChI=1S/C23H24N6O4/c1-15(2)22-25-21(26-33-22)16-7-8-19(24-13-16)27-9-11-28(12-10-27)20(30)14-29-17-5-3-4-6-18(17)32-23(29)31/h3-8,13,15H,9-12,14H2,1-2H3. The molecular weight excluding hydrogens is 424 g/mol. The largest absolute Gasteiger partial charge is 0.420 e. The highest BCUT2D eigenvalue weighted by Gasteiger charge is 2.23. The lowest BCUT2D eigenvalue weighted by atomic mass is 10.2. The van der Waals surface area contributed by atoms with Crippen LogP contribution in [0.25, 0.3) is 22.5 Å². The minimum atomic E-state index is -0.519. The van der Waals surface area contributed by atoms with Gasteiger partial charge in [-0.2, -0.15) is 4.98 Å². The van der Waals surface area contributed by atoms with Gasteiger partial charge in [0.1, 0.15) is 12.4 Å². The molecule has 3 aromatic heterocycles. The number of pyridine rings is 1. The van der Waals surface area contributed by atoms with Gasteiger partial charge in [0, 0.05) is 43.9 Å². The van der Waals surface area contributed by atoms with E-state index in [0.29, 0.717) is 49.0 Å². The van der Waals surface area contributed by atoms with Gasteiger partial charge < -0.3 is 18.7 Å². The molecule has 170 valence electrons. The molecule has 0 bridgehead atoms. The minimum Gasteiger partial charge on any atom is -0.408 e. The minimum absolute atomic E-state index is 0.0359. The van der Waals surface area contributed by atoms with Crippen LogP contribution in [0.15, 0.2) is 56.3 Å². The van der Waals surface area contributed by atoms with E-state index in [2.05, 4.69) is 20.0 Å². The molecule has 0 radical (unpaired) electrons. The summed E-state index contributed by atoms with van der Waals surface area (Å²) in [7, 11) is 0. The van der Waals surface area contributed by atoms with E-state index in [0.717, 1.165) is 11.4 Å². The van der Waals surface area contributed by atoms with E-state index in [1.165, 1.54) is 4.57 Å². The van der Waals surface area contributed by atoms with Gasteiger partial charge >= 0.3 is 5.76 Å². The number of fused-ring (bicyclic) bond motifs is 1. The maximum Gasteiger partial charge on any atom is 0.420 e. The maximum atomic E-state index is 12.8.